The summed E-state index contributed by atoms with van der Waals surface area (Å²) in [6.45, 7) is 1.77. The van der Waals surface area contributed by atoms with Gasteiger partial charge in [-0.1, -0.05) is 35.8 Å². The molecule has 0 fully saturated rings. The smallest absolute Gasteiger partial charge is 0.346 e. The largest absolute Gasteiger partial charge is 0.466 e. The van der Waals surface area contributed by atoms with Gasteiger partial charge >= 0.3 is 5.97 Å². The number of ether oxygens (including phenoxy) is 1. The van der Waals surface area contributed by atoms with Crippen molar-refractivity contribution in [3.8, 4) is 0 Å². The molecule has 0 amide bonds. The Morgan fingerprint density at radius 3 is 2.53 bits per heavy atom. The van der Waals surface area contributed by atoms with Gasteiger partial charge in [0.15, 0.2) is 0 Å². The molecule has 1 aromatic carbocycles. The zero-order chi connectivity index (χ0) is 12.7. The number of carbonyl (C=O) groups excluding carboxylic acids is 1. The number of esters is 1. The van der Waals surface area contributed by atoms with Gasteiger partial charge in [0.05, 0.1) is 12.8 Å². The molecule has 0 heterocycles. The van der Waals surface area contributed by atoms with Crippen LogP contribution in [0, 0.1) is 0 Å². The summed E-state index contributed by atoms with van der Waals surface area (Å²) in [7, 11) is 1.30. The first-order valence-corrected chi connectivity index (χ1v) is 5.56. The van der Waals surface area contributed by atoms with Crippen molar-refractivity contribution in [1.29, 1.82) is 0 Å². The highest BCUT2D eigenvalue weighted by atomic mass is 35.5. The molecule has 17 heavy (non-hydrogen) atoms. The fraction of sp³-hybridized carbons (Fsp3) is 0.333. The van der Waals surface area contributed by atoms with Gasteiger partial charge in [0, 0.05) is 5.02 Å². The SMILES string of the molecule is CCC(=NOCC(=O)OC)c1ccc(Cl)cc1. The van der Waals surface area contributed by atoms with E-state index in [4.69, 9.17) is 16.4 Å². The summed E-state index contributed by atoms with van der Waals surface area (Å²) in [5, 5.41) is 4.57. The van der Waals surface area contributed by atoms with Crippen LogP contribution in [0.3, 0.4) is 0 Å². The predicted molar refractivity (Wildman–Crippen MR) is 66.2 cm³/mol. The van der Waals surface area contributed by atoms with E-state index in [1.165, 1.54) is 7.11 Å². The minimum atomic E-state index is -0.458. The van der Waals surface area contributed by atoms with Crippen molar-refractivity contribution < 1.29 is 14.4 Å². The predicted octanol–water partition coefficient (Wildman–Crippen LogP) is 2.64. The van der Waals surface area contributed by atoms with Gasteiger partial charge < -0.3 is 9.57 Å². The van der Waals surface area contributed by atoms with Gasteiger partial charge in [-0.15, -0.1) is 0 Å². The van der Waals surface area contributed by atoms with Gasteiger partial charge in [-0.3, -0.25) is 0 Å². The lowest BCUT2D eigenvalue weighted by Crippen LogP contribution is -2.09. The second-order valence-corrected chi connectivity index (χ2v) is 3.68. The number of nitrogens with zero attached hydrogens (tertiary/aromatic N) is 1. The van der Waals surface area contributed by atoms with Crippen molar-refractivity contribution in [1.82, 2.24) is 0 Å². The molecule has 0 aliphatic carbocycles. The quantitative estimate of drug-likeness (QED) is 0.462. The summed E-state index contributed by atoms with van der Waals surface area (Å²) < 4.78 is 4.44. The average molecular weight is 256 g/mol. The maximum Gasteiger partial charge on any atom is 0.346 e. The molecule has 0 radical (unpaired) electrons. The zero-order valence-corrected chi connectivity index (χ0v) is 10.5. The van der Waals surface area contributed by atoms with Gasteiger partial charge in [-0.05, 0) is 24.1 Å². The lowest BCUT2D eigenvalue weighted by atomic mass is 10.1. The molecule has 1 aromatic rings. The third-order valence-electron chi connectivity index (χ3n) is 2.10. The van der Waals surface area contributed by atoms with Crippen molar-refractivity contribution in [2.45, 2.75) is 13.3 Å². The van der Waals surface area contributed by atoms with Crippen molar-refractivity contribution in [3.63, 3.8) is 0 Å². The lowest BCUT2D eigenvalue weighted by molar-refractivity contribution is -0.145. The number of benzene rings is 1. The van der Waals surface area contributed by atoms with Gasteiger partial charge in [-0.25, -0.2) is 4.79 Å². The standard InChI is InChI=1S/C12H14ClNO3/c1-3-11(14-17-8-12(15)16-2)9-4-6-10(13)7-5-9/h4-7H,3,8H2,1-2H3. The minimum absolute atomic E-state index is 0.187. The molecule has 1 rings (SSSR count). The van der Waals surface area contributed by atoms with Crippen LogP contribution in [0.25, 0.3) is 0 Å². The van der Waals surface area contributed by atoms with Crippen LogP contribution in [0.2, 0.25) is 5.02 Å². The molecular weight excluding hydrogens is 242 g/mol. The molecule has 92 valence electrons. The van der Waals surface area contributed by atoms with Crippen molar-refractivity contribution in [2.24, 2.45) is 5.16 Å². The monoisotopic (exact) mass is 255 g/mol. The highest BCUT2D eigenvalue weighted by Crippen LogP contribution is 2.11. The Hall–Kier alpha value is -1.55. The first-order valence-electron chi connectivity index (χ1n) is 5.19. The Labute approximate surface area is 105 Å². The topological polar surface area (TPSA) is 47.9 Å². The van der Waals surface area contributed by atoms with Crippen molar-refractivity contribution >= 4 is 23.3 Å². The van der Waals surface area contributed by atoms with Crippen LogP contribution in [-0.2, 0) is 14.4 Å². The third-order valence-corrected chi connectivity index (χ3v) is 2.35. The molecule has 0 aliphatic heterocycles. The molecule has 0 aliphatic rings. The van der Waals surface area contributed by atoms with Crippen molar-refractivity contribution in [2.75, 3.05) is 13.7 Å². The highest BCUT2D eigenvalue weighted by Gasteiger charge is 2.03. The molecule has 0 bridgehead atoms. The van der Waals surface area contributed by atoms with E-state index in [0.29, 0.717) is 11.4 Å². The summed E-state index contributed by atoms with van der Waals surface area (Å²) in [6.07, 6.45) is 0.697. The average Bonchev–Trinajstić information content (AvgIpc) is 2.35. The van der Waals surface area contributed by atoms with Gasteiger partial charge in [-0.2, -0.15) is 0 Å². The summed E-state index contributed by atoms with van der Waals surface area (Å²) >= 11 is 5.79. The normalized spacial score (nSPS) is 11.1. The van der Waals surface area contributed by atoms with Crippen LogP contribution >= 0.6 is 11.6 Å². The first kappa shape index (κ1) is 13.5. The second-order valence-electron chi connectivity index (χ2n) is 3.25. The molecule has 0 unspecified atom stereocenters. The third kappa shape index (κ3) is 4.44. The van der Waals surface area contributed by atoms with Crippen LogP contribution in [0.4, 0.5) is 0 Å². The van der Waals surface area contributed by atoms with Crippen LogP contribution < -0.4 is 0 Å². The molecular formula is C12H14ClNO3. The van der Waals surface area contributed by atoms with E-state index in [1.807, 2.05) is 19.1 Å². The number of oxime groups is 1. The Morgan fingerprint density at radius 2 is 2.00 bits per heavy atom. The van der Waals surface area contributed by atoms with Crippen LogP contribution in [0.1, 0.15) is 18.9 Å². The molecule has 0 saturated carbocycles. The van der Waals surface area contributed by atoms with E-state index in [9.17, 15) is 4.79 Å². The van der Waals surface area contributed by atoms with E-state index in [0.717, 1.165) is 11.3 Å². The fourth-order valence-electron chi connectivity index (χ4n) is 1.19. The molecule has 0 saturated heterocycles. The number of hydrogen-bond acceptors (Lipinski definition) is 4. The summed E-state index contributed by atoms with van der Waals surface area (Å²) in [4.78, 5) is 15.7. The zero-order valence-electron chi connectivity index (χ0n) is 9.77. The van der Waals surface area contributed by atoms with Crippen LogP contribution in [-0.4, -0.2) is 25.4 Å². The Kier molecular flexibility index (Phi) is 5.49. The van der Waals surface area contributed by atoms with Gasteiger partial charge in [0.2, 0.25) is 6.61 Å². The Balaban J connectivity index is 2.67. The Bertz CT molecular complexity index is 401. The molecule has 0 spiro atoms. The van der Waals surface area contributed by atoms with Gasteiger partial charge in [0.25, 0.3) is 0 Å². The van der Waals surface area contributed by atoms with E-state index in [2.05, 4.69) is 9.89 Å². The second kappa shape index (κ2) is 6.91. The highest BCUT2D eigenvalue weighted by molar-refractivity contribution is 6.30. The molecule has 0 N–H and O–H groups in total. The summed E-state index contributed by atoms with van der Waals surface area (Å²) in [6, 6.07) is 7.27. The fourth-order valence-corrected chi connectivity index (χ4v) is 1.31. The maximum atomic E-state index is 10.8. The molecule has 5 heteroatoms. The van der Waals surface area contributed by atoms with Crippen LogP contribution in [0.15, 0.2) is 29.4 Å². The van der Waals surface area contributed by atoms with E-state index >= 15 is 0 Å². The molecule has 0 atom stereocenters. The number of halogens is 1. The van der Waals surface area contributed by atoms with Gasteiger partial charge in [0.1, 0.15) is 0 Å². The van der Waals surface area contributed by atoms with Crippen LogP contribution in [0.5, 0.6) is 0 Å². The number of carbonyl (C=O) groups is 1. The minimum Gasteiger partial charge on any atom is -0.466 e. The summed E-state index contributed by atoms with van der Waals surface area (Å²) in [5.41, 5.74) is 1.67. The Morgan fingerprint density at radius 1 is 1.35 bits per heavy atom. The van der Waals surface area contributed by atoms with E-state index in [-0.39, 0.29) is 6.61 Å². The van der Waals surface area contributed by atoms with E-state index < -0.39 is 5.97 Å². The molecule has 0 aromatic heterocycles. The maximum absolute atomic E-state index is 10.8. The van der Waals surface area contributed by atoms with Crippen molar-refractivity contribution in [3.05, 3.63) is 34.9 Å². The van der Waals surface area contributed by atoms with E-state index in [1.54, 1.807) is 12.1 Å². The number of hydrogen-bond donors (Lipinski definition) is 0. The number of methoxy groups -OCH3 is 1. The first-order chi connectivity index (χ1) is 8.17. The number of rotatable bonds is 5. The lowest BCUT2D eigenvalue weighted by Gasteiger charge is -2.04. The summed E-state index contributed by atoms with van der Waals surface area (Å²) in [5.74, 6) is -0.458. The molecule has 4 nitrogen and oxygen atoms in total.